The zero-order chi connectivity index (χ0) is 14.5. The number of nitrogens with two attached hydrogens (primary N) is 1. The summed E-state index contributed by atoms with van der Waals surface area (Å²) in [5.74, 6) is 0. The van der Waals surface area contributed by atoms with Gasteiger partial charge in [0.2, 0.25) is 0 Å². The second-order valence-corrected chi connectivity index (χ2v) is 4.73. The first-order chi connectivity index (χ1) is 9.63. The summed E-state index contributed by atoms with van der Waals surface area (Å²) >= 11 is 0. The van der Waals surface area contributed by atoms with Gasteiger partial charge >= 0.3 is 0 Å². The minimum atomic E-state index is 0.328. The number of aryl methyl sites for hydroxylation is 2. The van der Waals surface area contributed by atoms with Crippen LogP contribution in [0.1, 0.15) is 23.7 Å². The van der Waals surface area contributed by atoms with Gasteiger partial charge in [-0.3, -0.25) is 4.68 Å². The molecule has 3 N–H and O–H groups in total. The van der Waals surface area contributed by atoms with E-state index in [1.54, 1.807) is 0 Å². The number of nitriles is 1. The van der Waals surface area contributed by atoms with E-state index < -0.39 is 0 Å². The molecule has 0 saturated heterocycles. The summed E-state index contributed by atoms with van der Waals surface area (Å²) in [7, 11) is 1.93. The second-order valence-electron chi connectivity index (χ2n) is 4.73. The lowest BCUT2D eigenvalue weighted by Gasteiger charge is -2.09. The van der Waals surface area contributed by atoms with Crippen LogP contribution >= 0.6 is 0 Å². The Morgan fingerprint density at radius 3 is 2.90 bits per heavy atom. The van der Waals surface area contributed by atoms with Gasteiger partial charge in [0.15, 0.2) is 0 Å². The fourth-order valence-corrected chi connectivity index (χ4v) is 2.18. The summed E-state index contributed by atoms with van der Waals surface area (Å²) in [6.45, 7) is 2.81. The van der Waals surface area contributed by atoms with Gasteiger partial charge in [-0.05, 0) is 30.2 Å². The molecule has 0 spiro atoms. The maximum Gasteiger partial charge on any atom is 0.0671 e. The van der Waals surface area contributed by atoms with Crippen LogP contribution in [0.5, 0.6) is 0 Å². The fraction of sp³-hybridized carbons (Fsp3) is 0.333. The van der Waals surface area contributed by atoms with Crippen LogP contribution in [0.2, 0.25) is 0 Å². The zero-order valence-electron chi connectivity index (χ0n) is 11.8. The molecule has 20 heavy (non-hydrogen) atoms. The number of anilines is 2. The zero-order valence-corrected chi connectivity index (χ0v) is 11.8. The van der Waals surface area contributed by atoms with Crippen molar-refractivity contribution in [2.75, 3.05) is 11.1 Å². The van der Waals surface area contributed by atoms with Crippen LogP contribution in [-0.4, -0.2) is 9.78 Å². The predicted octanol–water partition coefficient (Wildman–Crippen LogP) is 2.24. The summed E-state index contributed by atoms with van der Waals surface area (Å²) < 4.78 is 1.83. The summed E-state index contributed by atoms with van der Waals surface area (Å²) in [5.41, 5.74) is 10.6. The molecule has 5 nitrogen and oxygen atoms in total. The van der Waals surface area contributed by atoms with Crippen LogP contribution < -0.4 is 11.1 Å². The quantitative estimate of drug-likeness (QED) is 0.816. The van der Waals surface area contributed by atoms with Gasteiger partial charge in [-0.25, -0.2) is 0 Å². The Morgan fingerprint density at radius 2 is 2.20 bits per heavy atom. The van der Waals surface area contributed by atoms with Crippen molar-refractivity contribution >= 4 is 11.4 Å². The number of rotatable bonds is 5. The number of hydrogen-bond donors (Lipinski definition) is 2. The van der Waals surface area contributed by atoms with Gasteiger partial charge in [-0.15, -0.1) is 0 Å². The Hall–Kier alpha value is -2.48. The van der Waals surface area contributed by atoms with E-state index >= 15 is 0 Å². The van der Waals surface area contributed by atoms with Gasteiger partial charge in [-0.2, -0.15) is 10.4 Å². The van der Waals surface area contributed by atoms with Crippen LogP contribution in [0.4, 0.5) is 11.4 Å². The van der Waals surface area contributed by atoms with Crippen LogP contribution in [-0.2, 0) is 26.4 Å². The molecule has 0 aliphatic heterocycles. The largest absolute Gasteiger partial charge is 0.398 e. The van der Waals surface area contributed by atoms with E-state index in [1.165, 1.54) is 5.56 Å². The molecule has 0 radical (unpaired) electrons. The van der Waals surface area contributed by atoms with Crippen molar-refractivity contribution in [3.05, 3.63) is 41.2 Å². The lowest BCUT2D eigenvalue weighted by Crippen LogP contribution is -2.02. The molecule has 0 fully saturated rings. The molecule has 0 saturated carbocycles. The SMILES string of the molecule is CCc1nn(C)cc1CNc1ccc(N)c(CC#N)c1. The molecule has 1 heterocycles. The summed E-state index contributed by atoms with van der Waals surface area (Å²) in [4.78, 5) is 0. The molecule has 1 aromatic heterocycles. The van der Waals surface area contributed by atoms with Crippen molar-refractivity contribution in [3.8, 4) is 6.07 Å². The van der Waals surface area contributed by atoms with Crippen LogP contribution in [0.3, 0.4) is 0 Å². The number of aromatic nitrogens is 2. The summed E-state index contributed by atoms with van der Waals surface area (Å²) in [5, 5.41) is 16.5. The number of nitrogen functional groups attached to an aromatic ring is 1. The molecule has 0 aliphatic carbocycles. The summed E-state index contributed by atoms with van der Waals surface area (Å²) in [6.07, 6.45) is 3.27. The standard InChI is InChI=1S/C15H19N5/c1-3-15-12(10-20(2)19-15)9-18-13-4-5-14(17)11(8-13)6-7-16/h4-5,8,10,18H,3,6,9,17H2,1-2H3. The highest BCUT2D eigenvalue weighted by molar-refractivity contribution is 5.58. The third-order valence-electron chi connectivity index (χ3n) is 3.22. The van der Waals surface area contributed by atoms with Crippen molar-refractivity contribution in [2.45, 2.75) is 26.3 Å². The first kappa shape index (κ1) is 13.9. The average Bonchev–Trinajstić information content (AvgIpc) is 2.80. The Kier molecular flexibility index (Phi) is 4.26. The number of hydrogen-bond acceptors (Lipinski definition) is 4. The highest BCUT2D eigenvalue weighted by Crippen LogP contribution is 2.19. The molecule has 2 rings (SSSR count). The topological polar surface area (TPSA) is 79.7 Å². The molecule has 0 unspecified atom stereocenters. The molecular formula is C15H19N5. The molecule has 5 heteroatoms. The van der Waals surface area contributed by atoms with E-state index in [9.17, 15) is 0 Å². The first-order valence-corrected chi connectivity index (χ1v) is 6.64. The minimum absolute atomic E-state index is 0.328. The van der Waals surface area contributed by atoms with Gasteiger partial charge in [0.25, 0.3) is 0 Å². The van der Waals surface area contributed by atoms with Crippen LogP contribution in [0.15, 0.2) is 24.4 Å². The van der Waals surface area contributed by atoms with E-state index in [2.05, 4.69) is 23.4 Å². The molecule has 0 aliphatic rings. The molecule has 104 valence electrons. The molecular weight excluding hydrogens is 250 g/mol. The highest BCUT2D eigenvalue weighted by atomic mass is 15.3. The number of benzene rings is 1. The summed E-state index contributed by atoms with van der Waals surface area (Å²) in [6, 6.07) is 7.82. The third kappa shape index (κ3) is 3.09. The Labute approximate surface area is 119 Å². The average molecular weight is 269 g/mol. The Morgan fingerprint density at radius 1 is 1.40 bits per heavy atom. The molecule has 0 amide bonds. The van der Waals surface area contributed by atoms with Gasteiger partial charge < -0.3 is 11.1 Å². The monoisotopic (exact) mass is 269 g/mol. The van der Waals surface area contributed by atoms with Crippen molar-refractivity contribution in [1.82, 2.24) is 9.78 Å². The third-order valence-corrected chi connectivity index (χ3v) is 3.22. The van der Waals surface area contributed by atoms with Gasteiger partial charge in [0.1, 0.15) is 0 Å². The minimum Gasteiger partial charge on any atom is -0.398 e. The fourth-order valence-electron chi connectivity index (χ4n) is 2.18. The highest BCUT2D eigenvalue weighted by Gasteiger charge is 2.06. The molecule has 0 atom stereocenters. The van der Waals surface area contributed by atoms with E-state index in [0.29, 0.717) is 18.7 Å². The molecule has 1 aromatic carbocycles. The Balaban J connectivity index is 2.11. The van der Waals surface area contributed by atoms with E-state index in [1.807, 2.05) is 36.1 Å². The number of nitrogens with zero attached hydrogens (tertiary/aromatic N) is 3. The van der Waals surface area contributed by atoms with Crippen molar-refractivity contribution < 1.29 is 0 Å². The normalized spacial score (nSPS) is 10.2. The van der Waals surface area contributed by atoms with Crippen LogP contribution in [0, 0.1) is 11.3 Å². The second kappa shape index (κ2) is 6.11. The Bertz CT molecular complexity index is 636. The molecule has 0 bridgehead atoms. The maximum absolute atomic E-state index is 8.78. The van der Waals surface area contributed by atoms with E-state index in [4.69, 9.17) is 11.0 Å². The first-order valence-electron chi connectivity index (χ1n) is 6.64. The maximum atomic E-state index is 8.78. The number of nitrogens with one attached hydrogen (secondary N) is 1. The van der Waals surface area contributed by atoms with Crippen molar-refractivity contribution in [2.24, 2.45) is 7.05 Å². The van der Waals surface area contributed by atoms with E-state index in [-0.39, 0.29) is 0 Å². The van der Waals surface area contributed by atoms with Crippen molar-refractivity contribution in [3.63, 3.8) is 0 Å². The van der Waals surface area contributed by atoms with Gasteiger partial charge in [-0.1, -0.05) is 6.92 Å². The lowest BCUT2D eigenvalue weighted by molar-refractivity contribution is 0.746. The van der Waals surface area contributed by atoms with E-state index in [0.717, 1.165) is 23.4 Å². The van der Waals surface area contributed by atoms with Gasteiger partial charge in [0.05, 0.1) is 18.2 Å². The molecule has 2 aromatic rings. The predicted molar refractivity (Wildman–Crippen MR) is 80.1 cm³/mol. The smallest absolute Gasteiger partial charge is 0.0671 e. The van der Waals surface area contributed by atoms with Crippen molar-refractivity contribution in [1.29, 1.82) is 5.26 Å². The van der Waals surface area contributed by atoms with Gasteiger partial charge in [0, 0.05) is 36.7 Å². The lowest BCUT2D eigenvalue weighted by atomic mass is 10.1. The van der Waals surface area contributed by atoms with Crippen LogP contribution in [0.25, 0.3) is 0 Å².